The van der Waals surface area contributed by atoms with Crippen LogP contribution in [-0.2, 0) is 11.2 Å². The lowest BCUT2D eigenvalue weighted by Crippen LogP contribution is -2.11. The molecule has 96 valence electrons. The van der Waals surface area contributed by atoms with Crippen LogP contribution in [0.3, 0.4) is 0 Å². The minimum atomic E-state index is -0.661. The first-order valence-electron chi connectivity index (χ1n) is 6.16. The highest BCUT2D eigenvalue weighted by molar-refractivity contribution is 7.09. The summed E-state index contributed by atoms with van der Waals surface area (Å²) in [6, 6.07) is 9.62. The van der Waals surface area contributed by atoms with Crippen LogP contribution < -0.4 is 0 Å². The second-order valence-corrected chi connectivity index (χ2v) is 5.27. The largest absolute Gasteiger partial charge is 0.298 e. The van der Waals surface area contributed by atoms with Crippen LogP contribution in [0.5, 0.6) is 0 Å². The van der Waals surface area contributed by atoms with E-state index >= 15 is 0 Å². The van der Waals surface area contributed by atoms with Gasteiger partial charge in [-0.2, -0.15) is 5.26 Å². The second-order valence-electron chi connectivity index (χ2n) is 4.24. The molecule has 0 N–H and O–H groups in total. The quantitative estimate of drug-likeness (QED) is 0.809. The Labute approximate surface area is 116 Å². The van der Waals surface area contributed by atoms with Crippen molar-refractivity contribution >= 4 is 17.1 Å². The van der Waals surface area contributed by atoms with E-state index in [9.17, 15) is 4.79 Å². The van der Waals surface area contributed by atoms with E-state index in [4.69, 9.17) is 5.26 Å². The zero-order valence-electron chi connectivity index (χ0n) is 10.5. The first-order chi connectivity index (χ1) is 9.31. The van der Waals surface area contributed by atoms with Crippen LogP contribution in [0.15, 0.2) is 42.0 Å². The molecular weight excluding hydrogens is 256 g/mol. The number of hydrogen-bond donors (Lipinski definition) is 0. The number of nitriles is 1. The first-order valence-corrected chi connectivity index (χ1v) is 7.04. The minimum absolute atomic E-state index is 0.00902. The predicted octanol–water partition coefficient (Wildman–Crippen LogP) is 3.34. The summed E-state index contributed by atoms with van der Waals surface area (Å²) in [5.74, 6) is -0.670. The van der Waals surface area contributed by atoms with Gasteiger partial charge in [0.2, 0.25) is 0 Å². The van der Waals surface area contributed by atoms with Gasteiger partial charge in [0.15, 0.2) is 5.78 Å². The molecule has 4 heteroatoms. The van der Waals surface area contributed by atoms with Crippen LogP contribution in [-0.4, -0.2) is 10.8 Å². The molecule has 1 unspecified atom stereocenters. The highest BCUT2D eigenvalue weighted by Crippen LogP contribution is 2.19. The zero-order valence-corrected chi connectivity index (χ0v) is 11.3. The number of pyridine rings is 1. The minimum Gasteiger partial charge on any atom is -0.298 e. The third-order valence-corrected chi connectivity index (χ3v) is 3.85. The topological polar surface area (TPSA) is 53.8 Å². The van der Waals surface area contributed by atoms with Crippen molar-refractivity contribution in [3.8, 4) is 6.07 Å². The summed E-state index contributed by atoms with van der Waals surface area (Å²) in [4.78, 5) is 17.2. The molecule has 0 saturated carbocycles. The molecule has 0 aliphatic rings. The van der Waals surface area contributed by atoms with Crippen LogP contribution in [0.25, 0.3) is 0 Å². The van der Waals surface area contributed by atoms with Crippen LogP contribution in [0, 0.1) is 11.3 Å². The zero-order chi connectivity index (χ0) is 13.5. The molecule has 2 aromatic heterocycles. The Kier molecular flexibility index (Phi) is 4.82. The molecular formula is C15H14N2OS. The molecule has 0 radical (unpaired) electrons. The summed E-state index contributed by atoms with van der Waals surface area (Å²) in [7, 11) is 0. The average Bonchev–Trinajstić information content (AvgIpc) is 2.94. The highest BCUT2D eigenvalue weighted by Gasteiger charge is 2.19. The average molecular weight is 270 g/mol. The van der Waals surface area contributed by atoms with Gasteiger partial charge in [-0.05, 0) is 42.0 Å². The van der Waals surface area contributed by atoms with E-state index in [0.717, 1.165) is 18.4 Å². The van der Waals surface area contributed by atoms with E-state index < -0.39 is 5.92 Å². The summed E-state index contributed by atoms with van der Waals surface area (Å²) < 4.78 is 0. The number of rotatable bonds is 6. The standard InChI is InChI=1S/C15H14N2OS/c16-11-14(12-6-8-17-9-7-12)15(18)5-1-3-13-4-2-10-19-13/h2,4,6-10,14H,1,3,5H2. The number of aromatic nitrogens is 1. The number of thiophene rings is 1. The van der Waals surface area contributed by atoms with Crippen molar-refractivity contribution in [1.82, 2.24) is 4.98 Å². The number of ketones is 1. The third kappa shape index (κ3) is 3.73. The Bertz CT molecular complexity index is 558. The molecule has 0 saturated heterocycles. The predicted molar refractivity (Wildman–Crippen MR) is 74.9 cm³/mol. The van der Waals surface area contributed by atoms with Crippen molar-refractivity contribution in [2.24, 2.45) is 0 Å². The van der Waals surface area contributed by atoms with Gasteiger partial charge in [-0.25, -0.2) is 0 Å². The Hall–Kier alpha value is -1.99. The first kappa shape index (κ1) is 13.4. The summed E-state index contributed by atoms with van der Waals surface area (Å²) in [5.41, 5.74) is 0.735. The van der Waals surface area contributed by atoms with Gasteiger partial charge in [-0.15, -0.1) is 11.3 Å². The van der Waals surface area contributed by atoms with Gasteiger partial charge in [-0.3, -0.25) is 9.78 Å². The fourth-order valence-electron chi connectivity index (χ4n) is 1.92. The van der Waals surface area contributed by atoms with Gasteiger partial charge >= 0.3 is 0 Å². The number of Topliss-reactive ketones (excluding diaryl/α,β-unsaturated/α-hetero) is 1. The SMILES string of the molecule is N#CC(C(=O)CCCc1cccs1)c1ccncc1. The van der Waals surface area contributed by atoms with Crippen LogP contribution in [0.4, 0.5) is 0 Å². The van der Waals surface area contributed by atoms with E-state index in [2.05, 4.69) is 17.1 Å². The molecule has 1 atom stereocenters. The molecule has 0 aliphatic carbocycles. The maximum Gasteiger partial charge on any atom is 0.154 e. The van der Waals surface area contributed by atoms with Crippen molar-refractivity contribution in [2.45, 2.75) is 25.2 Å². The lowest BCUT2D eigenvalue weighted by molar-refractivity contribution is -0.119. The molecule has 2 heterocycles. The second kappa shape index (κ2) is 6.81. The smallest absolute Gasteiger partial charge is 0.154 e. The van der Waals surface area contributed by atoms with Crippen molar-refractivity contribution < 1.29 is 4.79 Å². The molecule has 0 amide bonds. The number of nitrogens with zero attached hydrogens (tertiary/aromatic N) is 2. The number of aryl methyl sites for hydroxylation is 1. The molecule has 0 aliphatic heterocycles. The van der Waals surface area contributed by atoms with Gasteiger partial charge in [0.1, 0.15) is 5.92 Å². The number of carbonyl (C=O) groups excluding carboxylic acids is 1. The van der Waals surface area contributed by atoms with Crippen LogP contribution in [0.2, 0.25) is 0 Å². The van der Waals surface area contributed by atoms with Crippen molar-refractivity contribution in [3.63, 3.8) is 0 Å². The molecule has 2 aromatic rings. The monoisotopic (exact) mass is 270 g/mol. The summed E-state index contributed by atoms with van der Waals surface area (Å²) in [6.07, 6.45) is 5.36. The molecule has 19 heavy (non-hydrogen) atoms. The summed E-state index contributed by atoms with van der Waals surface area (Å²) in [5, 5.41) is 11.2. The van der Waals surface area contributed by atoms with E-state index in [0.29, 0.717) is 6.42 Å². The van der Waals surface area contributed by atoms with Gasteiger partial charge in [0.25, 0.3) is 0 Å². The Morgan fingerprint density at radius 3 is 2.79 bits per heavy atom. The summed E-state index contributed by atoms with van der Waals surface area (Å²) >= 11 is 1.70. The van der Waals surface area contributed by atoms with Gasteiger partial charge in [0.05, 0.1) is 6.07 Å². The Morgan fingerprint density at radius 2 is 2.16 bits per heavy atom. The van der Waals surface area contributed by atoms with Gasteiger partial charge in [0, 0.05) is 23.7 Å². The van der Waals surface area contributed by atoms with Crippen LogP contribution in [0.1, 0.15) is 29.2 Å². The lowest BCUT2D eigenvalue weighted by atomic mass is 9.94. The van der Waals surface area contributed by atoms with Gasteiger partial charge < -0.3 is 0 Å². The van der Waals surface area contributed by atoms with Crippen LogP contribution >= 0.6 is 11.3 Å². The molecule has 2 rings (SSSR count). The normalized spacial score (nSPS) is 11.7. The van der Waals surface area contributed by atoms with Crippen molar-refractivity contribution in [3.05, 3.63) is 52.5 Å². The summed E-state index contributed by atoms with van der Waals surface area (Å²) in [6.45, 7) is 0. The van der Waals surface area contributed by atoms with E-state index in [1.807, 2.05) is 11.4 Å². The van der Waals surface area contributed by atoms with E-state index in [1.54, 1.807) is 35.9 Å². The molecule has 0 aromatic carbocycles. The maximum absolute atomic E-state index is 12.1. The van der Waals surface area contributed by atoms with E-state index in [-0.39, 0.29) is 5.78 Å². The maximum atomic E-state index is 12.1. The third-order valence-electron chi connectivity index (χ3n) is 2.92. The highest BCUT2D eigenvalue weighted by atomic mass is 32.1. The number of hydrogen-bond acceptors (Lipinski definition) is 4. The molecule has 0 fully saturated rings. The van der Waals surface area contributed by atoms with E-state index in [1.165, 1.54) is 4.88 Å². The molecule has 3 nitrogen and oxygen atoms in total. The Balaban J connectivity index is 1.89. The van der Waals surface area contributed by atoms with Crippen molar-refractivity contribution in [1.29, 1.82) is 5.26 Å². The van der Waals surface area contributed by atoms with Crippen molar-refractivity contribution in [2.75, 3.05) is 0 Å². The van der Waals surface area contributed by atoms with Gasteiger partial charge in [-0.1, -0.05) is 6.07 Å². The fourth-order valence-corrected chi connectivity index (χ4v) is 2.68. The fraction of sp³-hybridized carbons (Fsp3) is 0.267. The Morgan fingerprint density at radius 1 is 1.37 bits per heavy atom. The number of carbonyl (C=O) groups is 1. The lowest BCUT2D eigenvalue weighted by Gasteiger charge is -2.07. The molecule has 0 spiro atoms. The molecule has 0 bridgehead atoms.